The van der Waals surface area contributed by atoms with E-state index in [4.69, 9.17) is 17.0 Å². The van der Waals surface area contributed by atoms with Gasteiger partial charge in [-0.15, -0.1) is 11.3 Å². The Kier molecular flexibility index (Phi) is 4.70. The summed E-state index contributed by atoms with van der Waals surface area (Å²) < 4.78 is 5.25. The summed E-state index contributed by atoms with van der Waals surface area (Å²) in [6, 6.07) is 9.26. The molecule has 0 saturated carbocycles. The fourth-order valence-corrected chi connectivity index (χ4v) is 2.47. The highest BCUT2D eigenvalue weighted by atomic mass is 32.1. The molecule has 0 aliphatic carbocycles. The number of benzene rings is 1. The molecule has 0 aliphatic rings. The standard InChI is InChI=1S/C14H14N2O2S2/c1-9-5-6-11(18-2)10(8-9)15-14(19)16-13(17)12-4-3-7-20-12/h3-8H,1-2H3,(H2,15,16,17,19). The first-order valence-corrected chi connectivity index (χ1v) is 7.19. The smallest absolute Gasteiger partial charge is 0.267 e. The predicted octanol–water partition coefficient (Wildman–Crippen LogP) is 3.19. The number of anilines is 1. The molecule has 104 valence electrons. The van der Waals surface area contributed by atoms with Gasteiger partial charge in [0, 0.05) is 0 Å². The number of rotatable bonds is 3. The lowest BCUT2D eigenvalue weighted by molar-refractivity contribution is 0.0981. The lowest BCUT2D eigenvalue weighted by atomic mass is 10.2. The van der Waals surface area contributed by atoms with Gasteiger partial charge in [-0.1, -0.05) is 12.1 Å². The van der Waals surface area contributed by atoms with Crippen LogP contribution in [0.15, 0.2) is 35.7 Å². The van der Waals surface area contributed by atoms with Crippen molar-refractivity contribution in [2.45, 2.75) is 6.92 Å². The Morgan fingerprint density at radius 3 is 2.80 bits per heavy atom. The molecule has 1 heterocycles. The van der Waals surface area contributed by atoms with Gasteiger partial charge >= 0.3 is 0 Å². The first kappa shape index (κ1) is 14.5. The third kappa shape index (κ3) is 3.55. The first-order chi connectivity index (χ1) is 9.60. The van der Waals surface area contributed by atoms with Crippen LogP contribution in [0.3, 0.4) is 0 Å². The van der Waals surface area contributed by atoms with Gasteiger partial charge in [0.2, 0.25) is 0 Å². The van der Waals surface area contributed by atoms with Crippen molar-refractivity contribution in [2.24, 2.45) is 0 Å². The normalized spacial score (nSPS) is 9.90. The zero-order chi connectivity index (χ0) is 14.5. The minimum Gasteiger partial charge on any atom is -0.495 e. The van der Waals surface area contributed by atoms with Gasteiger partial charge in [-0.25, -0.2) is 0 Å². The van der Waals surface area contributed by atoms with Crippen LogP contribution in [0.2, 0.25) is 0 Å². The molecule has 2 aromatic rings. The van der Waals surface area contributed by atoms with Crippen LogP contribution < -0.4 is 15.4 Å². The largest absolute Gasteiger partial charge is 0.495 e. The van der Waals surface area contributed by atoms with Gasteiger partial charge in [0.25, 0.3) is 5.91 Å². The summed E-state index contributed by atoms with van der Waals surface area (Å²) in [7, 11) is 1.59. The number of carbonyl (C=O) groups excluding carboxylic acids is 1. The number of methoxy groups -OCH3 is 1. The molecule has 0 bridgehead atoms. The molecular weight excluding hydrogens is 292 g/mol. The molecule has 20 heavy (non-hydrogen) atoms. The van der Waals surface area contributed by atoms with Crippen LogP contribution in [0, 0.1) is 6.92 Å². The zero-order valence-electron chi connectivity index (χ0n) is 11.1. The van der Waals surface area contributed by atoms with Crippen molar-refractivity contribution in [1.82, 2.24) is 5.32 Å². The van der Waals surface area contributed by atoms with E-state index in [1.54, 1.807) is 13.2 Å². The van der Waals surface area contributed by atoms with Gasteiger partial charge in [-0.2, -0.15) is 0 Å². The van der Waals surface area contributed by atoms with E-state index in [-0.39, 0.29) is 11.0 Å². The Labute approximate surface area is 126 Å². The van der Waals surface area contributed by atoms with Crippen molar-refractivity contribution >= 4 is 40.3 Å². The van der Waals surface area contributed by atoms with Crippen LogP contribution in [-0.2, 0) is 0 Å². The van der Waals surface area contributed by atoms with E-state index < -0.39 is 0 Å². The molecule has 2 rings (SSSR count). The van der Waals surface area contributed by atoms with E-state index in [1.807, 2.05) is 36.6 Å². The number of ether oxygens (including phenoxy) is 1. The van der Waals surface area contributed by atoms with Gasteiger partial charge in [0.1, 0.15) is 5.75 Å². The summed E-state index contributed by atoms with van der Waals surface area (Å²) >= 11 is 6.51. The lowest BCUT2D eigenvalue weighted by Crippen LogP contribution is -2.33. The Balaban J connectivity index is 2.05. The molecular formula is C14H14N2O2S2. The fraction of sp³-hybridized carbons (Fsp3) is 0.143. The molecule has 1 aromatic carbocycles. The predicted molar refractivity (Wildman–Crippen MR) is 85.7 cm³/mol. The van der Waals surface area contributed by atoms with Gasteiger partial charge in [0.05, 0.1) is 17.7 Å². The van der Waals surface area contributed by atoms with Crippen LogP contribution in [0.4, 0.5) is 5.69 Å². The Hall–Kier alpha value is -1.92. The number of aryl methyl sites for hydroxylation is 1. The van der Waals surface area contributed by atoms with Crippen molar-refractivity contribution in [2.75, 3.05) is 12.4 Å². The highest BCUT2D eigenvalue weighted by Crippen LogP contribution is 2.25. The third-order valence-electron chi connectivity index (χ3n) is 2.58. The molecule has 0 aliphatic heterocycles. The van der Waals surface area contributed by atoms with Gasteiger partial charge in [-0.3, -0.25) is 10.1 Å². The summed E-state index contributed by atoms with van der Waals surface area (Å²) in [6.07, 6.45) is 0. The molecule has 0 spiro atoms. The number of hydrogen-bond acceptors (Lipinski definition) is 4. The van der Waals surface area contributed by atoms with Crippen molar-refractivity contribution in [3.05, 3.63) is 46.2 Å². The highest BCUT2D eigenvalue weighted by Gasteiger charge is 2.10. The maximum atomic E-state index is 11.9. The second-order valence-corrected chi connectivity index (χ2v) is 5.45. The molecule has 0 unspecified atom stereocenters. The van der Waals surface area contributed by atoms with Gasteiger partial charge in [0.15, 0.2) is 5.11 Å². The highest BCUT2D eigenvalue weighted by molar-refractivity contribution is 7.80. The molecule has 0 saturated heterocycles. The quantitative estimate of drug-likeness (QED) is 0.855. The monoisotopic (exact) mass is 306 g/mol. The summed E-state index contributed by atoms with van der Waals surface area (Å²) in [5.41, 5.74) is 1.80. The van der Waals surface area contributed by atoms with E-state index in [2.05, 4.69) is 10.6 Å². The van der Waals surface area contributed by atoms with E-state index in [9.17, 15) is 4.79 Å². The van der Waals surface area contributed by atoms with Crippen molar-refractivity contribution in [3.8, 4) is 5.75 Å². The summed E-state index contributed by atoms with van der Waals surface area (Å²) in [5, 5.41) is 7.70. The van der Waals surface area contributed by atoms with E-state index >= 15 is 0 Å². The maximum absolute atomic E-state index is 11.9. The number of amides is 1. The molecule has 0 radical (unpaired) electrons. The molecule has 0 fully saturated rings. The van der Waals surface area contributed by atoms with Crippen molar-refractivity contribution in [3.63, 3.8) is 0 Å². The second-order valence-electron chi connectivity index (χ2n) is 4.09. The number of nitrogens with one attached hydrogen (secondary N) is 2. The topological polar surface area (TPSA) is 50.4 Å². The van der Waals surface area contributed by atoms with E-state index in [0.29, 0.717) is 10.6 Å². The van der Waals surface area contributed by atoms with Crippen LogP contribution >= 0.6 is 23.6 Å². The molecule has 1 amide bonds. The minimum absolute atomic E-state index is 0.218. The van der Waals surface area contributed by atoms with Crippen LogP contribution in [0.5, 0.6) is 5.75 Å². The molecule has 2 N–H and O–H groups in total. The van der Waals surface area contributed by atoms with Crippen molar-refractivity contribution < 1.29 is 9.53 Å². The molecule has 1 aromatic heterocycles. The summed E-state index contributed by atoms with van der Waals surface area (Å²) in [6.45, 7) is 1.97. The molecule has 0 atom stereocenters. The lowest BCUT2D eigenvalue weighted by Gasteiger charge is -2.13. The average molecular weight is 306 g/mol. The van der Waals surface area contributed by atoms with E-state index in [0.717, 1.165) is 11.3 Å². The Bertz CT molecular complexity index is 624. The SMILES string of the molecule is COc1ccc(C)cc1NC(=S)NC(=O)c1cccs1. The fourth-order valence-electron chi connectivity index (χ4n) is 1.65. The van der Waals surface area contributed by atoms with Crippen LogP contribution in [-0.4, -0.2) is 18.1 Å². The van der Waals surface area contributed by atoms with Gasteiger partial charge < -0.3 is 10.1 Å². The number of thiophene rings is 1. The first-order valence-electron chi connectivity index (χ1n) is 5.90. The minimum atomic E-state index is -0.218. The number of thiocarbonyl (C=S) groups is 1. The number of hydrogen-bond donors (Lipinski definition) is 2. The summed E-state index contributed by atoms with van der Waals surface area (Å²) in [5.74, 6) is 0.451. The van der Waals surface area contributed by atoms with Crippen LogP contribution in [0.1, 0.15) is 15.2 Å². The van der Waals surface area contributed by atoms with Gasteiger partial charge in [-0.05, 0) is 48.3 Å². The average Bonchev–Trinajstić information content (AvgIpc) is 2.92. The van der Waals surface area contributed by atoms with E-state index in [1.165, 1.54) is 11.3 Å². The Morgan fingerprint density at radius 2 is 2.15 bits per heavy atom. The third-order valence-corrected chi connectivity index (χ3v) is 3.65. The maximum Gasteiger partial charge on any atom is 0.267 e. The number of carbonyl (C=O) groups is 1. The second kappa shape index (κ2) is 6.49. The van der Waals surface area contributed by atoms with Crippen molar-refractivity contribution in [1.29, 1.82) is 0 Å². The van der Waals surface area contributed by atoms with Crippen LogP contribution in [0.25, 0.3) is 0 Å². The molecule has 6 heteroatoms. The molecule has 4 nitrogen and oxygen atoms in total. The zero-order valence-corrected chi connectivity index (χ0v) is 12.7. The Morgan fingerprint density at radius 1 is 1.35 bits per heavy atom. The summed E-state index contributed by atoms with van der Waals surface area (Å²) in [4.78, 5) is 12.5.